The van der Waals surface area contributed by atoms with E-state index in [4.69, 9.17) is 0 Å². The second-order valence-electron chi connectivity index (χ2n) is 4.16. The number of hydrogen-bond acceptors (Lipinski definition) is 3. The number of carbonyl (C=O) groups is 1. The van der Waals surface area contributed by atoms with Gasteiger partial charge in [0.1, 0.15) is 5.56 Å². The van der Waals surface area contributed by atoms with Crippen LogP contribution in [0, 0.1) is 17.0 Å². The van der Waals surface area contributed by atoms with Gasteiger partial charge in [0.2, 0.25) is 0 Å². The van der Waals surface area contributed by atoms with E-state index >= 15 is 0 Å². The summed E-state index contributed by atoms with van der Waals surface area (Å²) in [5.74, 6) is -0.279. The number of nitro groups is 1. The van der Waals surface area contributed by atoms with Crippen molar-refractivity contribution >= 4 is 27.5 Å². The van der Waals surface area contributed by atoms with Crippen LogP contribution in [0.4, 0.5) is 5.69 Å². The number of rotatable bonds is 6. The van der Waals surface area contributed by atoms with Crippen LogP contribution >= 0.6 is 15.9 Å². The monoisotopic (exact) mass is 328 g/mol. The normalized spacial score (nSPS) is 10.3. The highest BCUT2D eigenvalue weighted by atomic mass is 79.9. The molecule has 1 rings (SSSR count). The van der Waals surface area contributed by atoms with Gasteiger partial charge in [-0.2, -0.15) is 0 Å². The zero-order valence-electron chi connectivity index (χ0n) is 11.1. The van der Waals surface area contributed by atoms with Gasteiger partial charge >= 0.3 is 0 Å². The molecule has 0 N–H and O–H groups in total. The highest BCUT2D eigenvalue weighted by molar-refractivity contribution is 9.09. The Morgan fingerprint density at radius 2 is 2.16 bits per heavy atom. The number of nitrogens with zero attached hydrogens (tertiary/aromatic N) is 2. The van der Waals surface area contributed by atoms with Crippen molar-refractivity contribution in [1.82, 2.24) is 4.90 Å². The molecule has 1 aromatic carbocycles. The zero-order chi connectivity index (χ0) is 14.4. The molecule has 0 radical (unpaired) electrons. The van der Waals surface area contributed by atoms with Gasteiger partial charge in [-0.1, -0.05) is 28.1 Å². The Kier molecular flexibility index (Phi) is 5.95. The molecule has 6 heteroatoms. The molecule has 1 aromatic rings. The van der Waals surface area contributed by atoms with E-state index in [1.54, 1.807) is 24.0 Å². The summed E-state index contributed by atoms with van der Waals surface area (Å²) >= 11 is 3.32. The van der Waals surface area contributed by atoms with Crippen LogP contribution in [0.25, 0.3) is 0 Å². The minimum Gasteiger partial charge on any atom is -0.339 e. The van der Waals surface area contributed by atoms with Crippen molar-refractivity contribution < 1.29 is 9.72 Å². The molecule has 0 saturated heterocycles. The van der Waals surface area contributed by atoms with Crippen molar-refractivity contribution in [3.05, 3.63) is 39.4 Å². The maximum atomic E-state index is 12.4. The van der Waals surface area contributed by atoms with Gasteiger partial charge in [0.05, 0.1) is 4.92 Å². The van der Waals surface area contributed by atoms with Gasteiger partial charge in [-0.05, 0) is 26.3 Å². The van der Waals surface area contributed by atoms with Crippen LogP contribution in [0.2, 0.25) is 0 Å². The molecule has 1 amide bonds. The highest BCUT2D eigenvalue weighted by Crippen LogP contribution is 2.24. The first-order valence-electron chi connectivity index (χ1n) is 6.12. The number of alkyl halides is 1. The van der Waals surface area contributed by atoms with Gasteiger partial charge in [0.15, 0.2) is 0 Å². The molecule has 0 unspecified atom stereocenters. The summed E-state index contributed by atoms with van der Waals surface area (Å²) < 4.78 is 0. The molecule has 0 bridgehead atoms. The SMILES string of the molecule is CCN(CCCBr)C(=O)c1cccc(C)c1[N+](=O)[O-]. The molecule has 0 atom stereocenters. The Bertz CT molecular complexity index is 477. The number of nitro benzene ring substituents is 1. The van der Waals surface area contributed by atoms with E-state index in [2.05, 4.69) is 15.9 Å². The Hall–Kier alpha value is -1.43. The number of benzene rings is 1. The van der Waals surface area contributed by atoms with Crippen LogP contribution in [-0.4, -0.2) is 34.2 Å². The molecule has 104 valence electrons. The molecule has 0 aromatic heterocycles. The van der Waals surface area contributed by atoms with Crippen molar-refractivity contribution in [2.24, 2.45) is 0 Å². The van der Waals surface area contributed by atoms with Gasteiger partial charge in [0.25, 0.3) is 11.6 Å². The lowest BCUT2D eigenvalue weighted by molar-refractivity contribution is -0.385. The van der Waals surface area contributed by atoms with Crippen molar-refractivity contribution in [1.29, 1.82) is 0 Å². The molecule has 0 spiro atoms. The third kappa shape index (κ3) is 3.76. The number of amides is 1. The molecular weight excluding hydrogens is 312 g/mol. The predicted octanol–water partition coefficient (Wildman–Crippen LogP) is 3.15. The van der Waals surface area contributed by atoms with E-state index < -0.39 is 4.92 Å². The molecule has 0 aliphatic carbocycles. The lowest BCUT2D eigenvalue weighted by atomic mass is 10.1. The fourth-order valence-electron chi connectivity index (χ4n) is 1.90. The predicted molar refractivity (Wildman–Crippen MR) is 77.8 cm³/mol. The van der Waals surface area contributed by atoms with Crippen LogP contribution in [-0.2, 0) is 0 Å². The standard InChI is InChI=1S/C13H17BrN2O3/c1-3-15(9-5-8-14)13(17)11-7-4-6-10(2)12(11)16(18)19/h4,6-7H,3,5,8-9H2,1-2H3. The van der Waals surface area contributed by atoms with Gasteiger partial charge < -0.3 is 4.90 Å². The van der Waals surface area contributed by atoms with Crippen molar-refractivity contribution in [2.45, 2.75) is 20.3 Å². The summed E-state index contributed by atoms with van der Waals surface area (Å²) in [6.45, 7) is 4.64. The number of halogens is 1. The summed E-state index contributed by atoms with van der Waals surface area (Å²) in [6, 6.07) is 4.84. The first kappa shape index (κ1) is 15.6. The fraction of sp³-hybridized carbons (Fsp3) is 0.462. The molecule has 0 fully saturated rings. The average molecular weight is 329 g/mol. The van der Waals surface area contributed by atoms with E-state index in [-0.39, 0.29) is 17.2 Å². The fourth-order valence-corrected chi connectivity index (χ4v) is 2.15. The lowest BCUT2D eigenvalue weighted by Gasteiger charge is -2.20. The third-order valence-corrected chi connectivity index (χ3v) is 3.44. The second kappa shape index (κ2) is 7.23. The summed E-state index contributed by atoms with van der Waals surface area (Å²) in [5.41, 5.74) is 0.582. The second-order valence-corrected chi connectivity index (χ2v) is 4.95. The van der Waals surface area contributed by atoms with E-state index in [0.29, 0.717) is 18.7 Å². The summed E-state index contributed by atoms with van der Waals surface area (Å²) in [6.07, 6.45) is 0.819. The maximum absolute atomic E-state index is 12.4. The minimum atomic E-state index is -0.485. The summed E-state index contributed by atoms with van der Waals surface area (Å²) in [5, 5.41) is 11.9. The topological polar surface area (TPSA) is 63.5 Å². The Morgan fingerprint density at radius 3 is 2.68 bits per heavy atom. The Balaban J connectivity index is 3.11. The van der Waals surface area contributed by atoms with Crippen LogP contribution < -0.4 is 0 Å². The Labute approximate surface area is 120 Å². The summed E-state index contributed by atoms with van der Waals surface area (Å²) in [4.78, 5) is 24.6. The van der Waals surface area contributed by atoms with Crippen LogP contribution in [0.5, 0.6) is 0 Å². The molecule has 19 heavy (non-hydrogen) atoms. The first-order valence-corrected chi connectivity index (χ1v) is 7.24. The van der Waals surface area contributed by atoms with E-state index in [1.807, 2.05) is 6.92 Å². The average Bonchev–Trinajstić information content (AvgIpc) is 2.38. The highest BCUT2D eigenvalue weighted by Gasteiger charge is 2.25. The van der Waals surface area contributed by atoms with E-state index in [9.17, 15) is 14.9 Å². The molecule has 0 heterocycles. The van der Waals surface area contributed by atoms with Gasteiger partial charge in [-0.15, -0.1) is 0 Å². The smallest absolute Gasteiger partial charge is 0.285 e. The lowest BCUT2D eigenvalue weighted by Crippen LogP contribution is -2.32. The number of aryl methyl sites for hydroxylation is 1. The largest absolute Gasteiger partial charge is 0.339 e. The zero-order valence-corrected chi connectivity index (χ0v) is 12.6. The van der Waals surface area contributed by atoms with Crippen molar-refractivity contribution in [3.8, 4) is 0 Å². The minimum absolute atomic E-state index is 0.0928. The maximum Gasteiger partial charge on any atom is 0.285 e. The molecule has 5 nitrogen and oxygen atoms in total. The van der Waals surface area contributed by atoms with E-state index in [0.717, 1.165) is 11.8 Å². The molecule has 0 saturated carbocycles. The quantitative estimate of drug-likeness (QED) is 0.457. The molecule has 0 aliphatic heterocycles. The van der Waals surface area contributed by atoms with Crippen LogP contribution in [0.3, 0.4) is 0 Å². The van der Waals surface area contributed by atoms with Gasteiger partial charge in [-0.25, -0.2) is 0 Å². The number of para-hydroxylation sites is 1. The Morgan fingerprint density at radius 1 is 1.47 bits per heavy atom. The van der Waals surface area contributed by atoms with Crippen LogP contribution in [0.1, 0.15) is 29.3 Å². The van der Waals surface area contributed by atoms with Gasteiger partial charge in [0, 0.05) is 24.0 Å². The summed E-state index contributed by atoms with van der Waals surface area (Å²) in [7, 11) is 0. The molecular formula is C13H17BrN2O3. The van der Waals surface area contributed by atoms with Crippen molar-refractivity contribution in [3.63, 3.8) is 0 Å². The third-order valence-electron chi connectivity index (χ3n) is 2.88. The molecule has 0 aliphatic rings. The van der Waals surface area contributed by atoms with Crippen LogP contribution in [0.15, 0.2) is 18.2 Å². The van der Waals surface area contributed by atoms with Crippen molar-refractivity contribution in [2.75, 3.05) is 18.4 Å². The number of carbonyl (C=O) groups excluding carboxylic acids is 1. The number of hydrogen-bond donors (Lipinski definition) is 0. The first-order chi connectivity index (χ1) is 9.02. The van der Waals surface area contributed by atoms with Gasteiger partial charge in [-0.3, -0.25) is 14.9 Å². The van der Waals surface area contributed by atoms with E-state index in [1.165, 1.54) is 6.07 Å².